The van der Waals surface area contributed by atoms with Gasteiger partial charge in [-0.2, -0.15) is 0 Å². The minimum atomic E-state index is -0.379. The van der Waals surface area contributed by atoms with Gasteiger partial charge in [-0.25, -0.2) is 0 Å². The fourth-order valence-electron chi connectivity index (χ4n) is 3.69. The van der Waals surface area contributed by atoms with E-state index in [1.165, 1.54) is 0 Å². The van der Waals surface area contributed by atoms with Crippen LogP contribution in [0.15, 0.2) is 36.4 Å². The zero-order chi connectivity index (χ0) is 20.1. The summed E-state index contributed by atoms with van der Waals surface area (Å²) in [5, 5.41) is 19.8. The molecule has 0 spiro atoms. The molecule has 1 fully saturated rings. The lowest BCUT2D eigenvalue weighted by Gasteiger charge is -2.41. The highest BCUT2D eigenvalue weighted by Gasteiger charge is 2.34. The number of morpholine rings is 1. The first-order valence-corrected chi connectivity index (χ1v) is 9.15. The number of phenolic OH excluding ortho intramolecular Hbond substituents is 1. The summed E-state index contributed by atoms with van der Waals surface area (Å²) in [5.74, 6) is 2.16. The van der Waals surface area contributed by atoms with Crippen molar-refractivity contribution in [3.8, 4) is 23.0 Å². The van der Waals surface area contributed by atoms with E-state index in [4.69, 9.17) is 18.9 Å². The molecule has 2 atom stereocenters. The maximum atomic E-state index is 9.91. The maximum absolute atomic E-state index is 9.91. The van der Waals surface area contributed by atoms with Crippen LogP contribution in [0.4, 0.5) is 0 Å². The Balaban J connectivity index is 1.96. The number of rotatable bonds is 7. The molecule has 152 valence electrons. The number of phenols is 1. The summed E-state index contributed by atoms with van der Waals surface area (Å²) in [5.41, 5.74) is 1.82. The van der Waals surface area contributed by atoms with E-state index in [-0.39, 0.29) is 24.5 Å². The van der Waals surface area contributed by atoms with Crippen LogP contribution in [0.25, 0.3) is 0 Å². The molecule has 0 aromatic heterocycles. The zero-order valence-corrected chi connectivity index (χ0v) is 16.4. The summed E-state index contributed by atoms with van der Waals surface area (Å²) < 4.78 is 22.1. The predicted octanol–water partition coefficient (Wildman–Crippen LogP) is 2.35. The van der Waals surface area contributed by atoms with Gasteiger partial charge in [0.05, 0.1) is 40.6 Å². The van der Waals surface area contributed by atoms with E-state index >= 15 is 0 Å². The molecular weight excluding hydrogens is 362 g/mol. The quantitative estimate of drug-likeness (QED) is 0.752. The number of benzene rings is 2. The Morgan fingerprint density at radius 1 is 1.00 bits per heavy atom. The fraction of sp³-hybridized carbons (Fsp3) is 0.429. The van der Waals surface area contributed by atoms with Crippen molar-refractivity contribution in [3.63, 3.8) is 0 Å². The van der Waals surface area contributed by atoms with Crippen LogP contribution in [0.1, 0.15) is 17.2 Å². The molecule has 0 aliphatic carbocycles. The van der Waals surface area contributed by atoms with Gasteiger partial charge in [0.2, 0.25) is 0 Å². The SMILES string of the molecule is COc1ccc(O)cc1CN1CCO[C@H](CO)[C@H]1c1ccc(OC)c(OC)c1. The average molecular weight is 389 g/mol. The smallest absolute Gasteiger partial charge is 0.161 e. The number of methoxy groups -OCH3 is 3. The van der Waals surface area contributed by atoms with Gasteiger partial charge in [-0.1, -0.05) is 6.07 Å². The number of nitrogens with zero attached hydrogens (tertiary/aromatic N) is 1. The average Bonchev–Trinajstić information content (AvgIpc) is 2.73. The monoisotopic (exact) mass is 389 g/mol. The van der Waals surface area contributed by atoms with Crippen molar-refractivity contribution in [3.05, 3.63) is 47.5 Å². The molecule has 1 aliphatic rings. The Labute approximate surface area is 165 Å². The number of aliphatic hydroxyl groups excluding tert-OH is 1. The molecule has 0 unspecified atom stereocenters. The molecule has 0 bridgehead atoms. The minimum absolute atomic E-state index is 0.104. The number of aromatic hydroxyl groups is 1. The van der Waals surface area contributed by atoms with Crippen LogP contribution in [0.5, 0.6) is 23.0 Å². The van der Waals surface area contributed by atoms with Gasteiger partial charge in [-0.3, -0.25) is 4.90 Å². The normalized spacial score (nSPS) is 20.0. The van der Waals surface area contributed by atoms with E-state index in [2.05, 4.69) is 4.90 Å². The highest BCUT2D eigenvalue weighted by Crippen LogP contribution is 2.37. The molecule has 7 heteroatoms. The summed E-state index contributed by atoms with van der Waals surface area (Å²) in [6, 6.07) is 10.6. The zero-order valence-electron chi connectivity index (χ0n) is 16.4. The van der Waals surface area contributed by atoms with E-state index in [0.29, 0.717) is 36.9 Å². The molecular formula is C21H27NO6. The fourth-order valence-corrected chi connectivity index (χ4v) is 3.69. The number of aliphatic hydroxyl groups is 1. The lowest BCUT2D eigenvalue weighted by molar-refractivity contribution is -0.0962. The number of ether oxygens (including phenoxy) is 4. The maximum Gasteiger partial charge on any atom is 0.161 e. The molecule has 2 N–H and O–H groups in total. The van der Waals surface area contributed by atoms with Gasteiger partial charge in [-0.15, -0.1) is 0 Å². The van der Waals surface area contributed by atoms with Crippen molar-refractivity contribution in [2.45, 2.75) is 18.7 Å². The third-order valence-electron chi connectivity index (χ3n) is 5.02. The van der Waals surface area contributed by atoms with Crippen molar-refractivity contribution < 1.29 is 29.2 Å². The first-order valence-electron chi connectivity index (χ1n) is 9.15. The molecule has 3 rings (SSSR count). The lowest BCUT2D eigenvalue weighted by atomic mass is 9.97. The van der Waals surface area contributed by atoms with E-state index < -0.39 is 0 Å². The standard InChI is InChI=1S/C21H27NO6/c1-25-17-7-5-16(24)10-15(17)12-22-8-9-28-20(13-23)21(22)14-4-6-18(26-2)19(11-14)27-3/h4-7,10-11,20-21,23-24H,8-9,12-13H2,1-3H3/t20-,21-/m1/s1. The number of hydrogen-bond acceptors (Lipinski definition) is 7. The molecule has 0 radical (unpaired) electrons. The first kappa shape index (κ1) is 20.3. The molecule has 1 aliphatic heterocycles. The van der Waals surface area contributed by atoms with Crippen LogP contribution in [0, 0.1) is 0 Å². The van der Waals surface area contributed by atoms with Crippen molar-refractivity contribution in [2.75, 3.05) is 41.1 Å². The van der Waals surface area contributed by atoms with E-state index in [1.807, 2.05) is 18.2 Å². The topological polar surface area (TPSA) is 80.6 Å². The van der Waals surface area contributed by atoms with Crippen LogP contribution in [0.2, 0.25) is 0 Å². The Bertz CT molecular complexity index is 796. The second kappa shape index (κ2) is 9.14. The van der Waals surface area contributed by atoms with Crippen LogP contribution in [-0.2, 0) is 11.3 Å². The van der Waals surface area contributed by atoms with Gasteiger partial charge in [0, 0.05) is 18.7 Å². The minimum Gasteiger partial charge on any atom is -0.508 e. The largest absolute Gasteiger partial charge is 0.508 e. The molecule has 0 saturated carbocycles. The Morgan fingerprint density at radius 3 is 2.39 bits per heavy atom. The van der Waals surface area contributed by atoms with Crippen LogP contribution >= 0.6 is 0 Å². The molecule has 7 nitrogen and oxygen atoms in total. The number of hydrogen-bond donors (Lipinski definition) is 2. The van der Waals surface area contributed by atoms with Crippen molar-refractivity contribution in [2.24, 2.45) is 0 Å². The highest BCUT2D eigenvalue weighted by atomic mass is 16.5. The van der Waals surface area contributed by atoms with E-state index in [9.17, 15) is 10.2 Å². The third-order valence-corrected chi connectivity index (χ3v) is 5.02. The first-order chi connectivity index (χ1) is 13.6. The summed E-state index contributed by atoms with van der Waals surface area (Å²) in [4.78, 5) is 2.21. The molecule has 1 heterocycles. The highest BCUT2D eigenvalue weighted by molar-refractivity contribution is 5.44. The van der Waals surface area contributed by atoms with E-state index in [1.54, 1.807) is 39.5 Å². The third kappa shape index (κ3) is 4.16. The van der Waals surface area contributed by atoms with E-state index in [0.717, 1.165) is 11.1 Å². The van der Waals surface area contributed by atoms with Crippen LogP contribution < -0.4 is 14.2 Å². The molecule has 28 heavy (non-hydrogen) atoms. The van der Waals surface area contributed by atoms with Crippen LogP contribution in [0.3, 0.4) is 0 Å². The van der Waals surface area contributed by atoms with Gasteiger partial charge >= 0.3 is 0 Å². The molecule has 1 saturated heterocycles. The Kier molecular flexibility index (Phi) is 6.61. The van der Waals surface area contributed by atoms with Gasteiger partial charge in [0.25, 0.3) is 0 Å². The predicted molar refractivity (Wildman–Crippen MR) is 104 cm³/mol. The summed E-state index contributed by atoms with van der Waals surface area (Å²) in [6.07, 6.45) is -0.379. The van der Waals surface area contributed by atoms with Gasteiger partial charge in [0.1, 0.15) is 17.6 Å². The Morgan fingerprint density at radius 2 is 1.71 bits per heavy atom. The van der Waals surface area contributed by atoms with Gasteiger partial charge < -0.3 is 29.2 Å². The van der Waals surface area contributed by atoms with Crippen molar-refractivity contribution >= 4 is 0 Å². The second-order valence-corrected chi connectivity index (χ2v) is 6.62. The summed E-state index contributed by atoms with van der Waals surface area (Å²) >= 11 is 0. The molecule has 0 amide bonds. The van der Waals surface area contributed by atoms with Crippen molar-refractivity contribution in [1.82, 2.24) is 4.90 Å². The summed E-state index contributed by atoms with van der Waals surface area (Å²) in [6.45, 7) is 1.62. The lowest BCUT2D eigenvalue weighted by Crippen LogP contribution is -2.46. The van der Waals surface area contributed by atoms with Crippen molar-refractivity contribution in [1.29, 1.82) is 0 Å². The summed E-state index contributed by atoms with van der Waals surface area (Å²) in [7, 11) is 4.80. The van der Waals surface area contributed by atoms with Gasteiger partial charge in [0.15, 0.2) is 11.5 Å². The Hall–Kier alpha value is -2.48. The molecule has 2 aromatic carbocycles. The van der Waals surface area contributed by atoms with Gasteiger partial charge in [-0.05, 0) is 35.9 Å². The molecule has 2 aromatic rings. The van der Waals surface area contributed by atoms with Crippen LogP contribution in [-0.4, -0.2) is 62.3 Å². The second-order valence-electron chi connectivity index (χ2n) is 6.62.